The SMILES string of the molecule is CO[C@]1(C)C[C@H](O[C@H]2[C@H](C)[C@@H](O[C@@H]3O[C@H](C)C[C@@H](N(C)C(C)=O)[C@@H]3N(C)C)[C@@](C)(OC)C[C@@H](C)C(=O)[C@H](C)[C@@H](O)[C@@]3(O)C(C)[C@H]3OC(=O)[C@@H]2C)O[C@@H](C)[C@@H]1OC(C)=O. The first kappa shape index (κ1) is 48.4. The number of methoxy groups -OCH3 is 2. The predicted octanol–water partition coefficient (Wildman–Crippen LogP) is 2.72. The zero-order valence-electron chi connectivity index (χ0n) is 37.5. The predicted molar refractivity (Wildman–Crippen MR) is 210 cm³/mol. The van der Waals surface area contributed by atoms with Gasteiger partial charge in [-0.2, -0.15) is 0 Å². The number of ketones is 1. The summed E-state index contributed by atoms with van der Waals surface area (Å²) in [6.45, 7) is 18.7. The number of likely N-dealkylation sites (N-methyl/N-ethyl adjacent to an activating group) is 2. The van der Waals surface area contributed by atoms with E-state index in [4.69, 9.17) is 37.9 Å². The van der Waals surface area contributed by atoms with E-state index in [1.54, 1.807) is 53.5 Å². The van der Waals surface area contributed by atoms with Crippen molar-refractivity contribution in [2.75, 3.05) is 35.4 Å². The molecule has 16 heteroatoms. The highest BCUT2D eigenvalue weighted by Gasteiger charge is 2.70. The summed E-state index contributed by atoms with van der Waals surface area (Å²) < 4.78 is 50.9. The van der Waals surface area contributed by atoms with Gasteiger partial charge >= 0.3 is 11.9 Å². The second-order valence-electron chi connectivity index (χ2n) is 18.3. The van der Waals surface area contributed by atoms with Crippen LogP contribution in [0.1, 0.15) is 95.4 Å². The van der Waals surface area contributed by atoms with Crippen molar-refractivity contribution >= 4 is 23.6 Å². The number of rotatable bonds is 9. The van der Waals surface area contributed by atoms with E-state index in [0.29, 0.717) is 6.42 Å². The average Bonchev–Trinajstić information content (AvgIpc) is 3.68. The van der Waals surface area contributed by atoms with Crippen LogP contribution in [0.3, 0.4) is 0 Å². The Morgan fingerprint density at radius 3 is 1.97 bits per heavy atom. The molecule has 2 N–H and O–H groups in total. The minimum Gasteiger partial charge on any atom is -0.458 e. The second-order valence-corrected chi connectivity index (χ2v) is 18.3. The lowest BCUT2D eigenvalue weighted by Gasteiger charge is -2.51. The molecule has 0 aromatic heterocycles. The number of esters is 2. The van der Waals surface area contributed by atoms with Gasteiger partial charge in [0.25, 0.3) is 0 Å². The van der Waals surface area contributed by atoms with Crippen molar-refractivity contribution in [2.45, 2.75) is 180 Å². The van der Waals surface area contributed by atoms with Crippen LogP contribution in [0.25, 0.3) is 0 Å². The molecule has 334 valence electrons. The number of ether oxygens (including phenoxy) is 8. The molecule has 0 aromatic carbocycles. The zero-order valence-corrected chi connectivity index (χ0v) is 37.5. The molecule has 1 unspecified atom stereocenters. The van der Waals surface area contributed by atoms with E-state index >= 15 is 0 Å². The molecule has 16 nitrogen and oxygen atoms in total. The summed E-state index contributed by atoms with van der Waals surface area (Å²) in [7, 11) is 8.59. The van der Waals surface area contributed by atoms with Crippen molar-refractivity contribution in [3.05, 3.63) is 0 Å². The molecule has 1 aliphatic carbocycles. The molecule has 4 aliphatic rings. The van der Waals surface area contributed by atoms with Gasteiger partial charge in [-0.25, -0.2) is 0 Å². The number of hydrogen-bond donors (Lipinski definition) is 2. The summed E-state index contributed by atoms with van der Waals surface area (Å²) in [5.41, 5.74) is -4.13. The van der Waals surface area contributed by atoms with E-state index in [9.17, 15) is 29.4 Å². The van der Waals surface area contributed by atoms with Crippen LogP contribution in [0.15, 0.2) is 0 Å². The Morgan fingerprint density at radius 1 is 0.845 bits per heavy atom. The summed E-state index contributed by atoms with van der Waals surface area (Å²) in [5, 5.41) is 23.1. The Bertz CT molecular complexity index is 1480. The number of aliphatic hydroxyl groups is 2. The van der Waals surface area contributed by atoms with Crippen LogP contribution in [0.4, 0.5) is 0 Å². The molecular weight excluding hydrogens is 756 g/mol. The molecule has 19 atom stereocenters. The summed E-state index contributed by atoms with van der Waals surface area (Å²) >= 11 is 0. The van der Waals surface area contributed by atoms with Crippen molar-refractivity contribution in [2.24, 2.45) is 29.6 Å². The van der Waals surface area contributed by atoms with Crippen LogP contribution in [-0.4, -0.2) is 163 Å². The number of hydrogen-bond acceptors (Lipinski definition) is 15. The molecule has 0 spiro atoms. The molecule has 1 amide bonds. The van der Waals surface area contributed by atoms with E-state index in [1.165, 1.54) is 28.1 Å². The zero-order chi connectivity index (χ0) is 44.0. The highest BCUT2D eigenvalue weighted by atomic mass is 16.7. The molecule has 0 aromatic rings. The van der Waals surface area contributed by atoms with Crippen molar-refractivity contribution < 1.29 is 67.3 Å². The molecule has 4 fully saturated rings. The number of fused-ring (bicyclic) bond motifs is 1. The molecule has 0 radical (unpaired) electrons. The fourth-order valence-electron chi connectivity index (χ4n) is 9.90. The van der Waals surface area contributed by atoms with Gasteiger partial charge in [0.15, 0.2) is 18.7 Å². The Hall–Kier alpha value is -2.28. The number of Topliss-reactive ketones (excluding diaryl/α,β-unsaturated/α-hetero) is 1. The van der Waals surface area contributed by atoms with Gasteiger partial charge < -0.3 is 53.0 Å². The maximum absolute atomic E-state index is 14.3. The third-order valence-corrected chi connectivity index (χ3v) is 13.8. The quantitative estimate of drug-likeness (QED) is 0.323. The normalized spacial score (nSPS) is 46.7. The Balaban J connectivity index is 1.87. The lowest BCUT2D eigenvalue weighted by atomic mass is 9.75. The van der Waals surface area contributed by atoms with Gasteiger partial charge in [-0.05, 0) is 61.6 Å². The number of carbonyl (C=O) groups excluding carboxylic acids is 4. The molecule has 4 rings (SSSR count). The molecular formula is C42H72N2O14. The maximum Gasteiger partial charge on any atom is 0.311 e. The average molecular weight is 829 g/mol. The van der Waals surface area contributed by atoms with Gasteiger partial charge in [-0.3, -0.25) is 24.1 Å². The van der Waals surface area contributed by atoms with E-state index in [2.05, 4.69) is 0 Å². The van der Waals surface area contributed by atoms with Crippen molar-refractivity contribution in [3.8, 4) is 0 Å². The Kier molecular flexibility index (Phi) is 15.3. The number of carbonyl (C=O) groups is 4. The smallest absolute Gasteiger partial charge is 0.311 e. The molecule has 1 saturated carbocycles. The van der Waals surface area contributed by atoms with Gasteiger partial charge in [0.2, 0.25) is 5.91 Å². The van der Waals surface area contributed by atoms with Gasteiger partial charge in [-0.15, -0.1) is 0 Å². The van der Waals surface area contributed by atoms with Crippen molar-refractivity contribution in [1.29, 1.82) is 0 Å². The first-order chi connectivity index (χ1) is 26.8. The highest BCUT2D eigenvalue weighted by molar-refractivity contribution is 5.84. The number of amides is 1. The lowest BCUT2D eigenvalue weighted by molar-refractivity contribution is -0.315. The van der Waals surface area contributed by atoms with Crippen LogP contribution in [0.5, 0.6) is 0 Å². The second kappa shape index (κ2) is 18.4. The molecule has 3 heterocycles. The first-order valence-electron chi connectivity index (χ1n) is 20.7. The Labute approximate surface area is 344 Å². The van der Waals surface area contributed by atoms with Gasteiger partial charge in [0.05, 0.1) is 54.1 Å². The van der Waals surface area contributed by atoms with Crippen LogP contribution >= 0.6 is 0 Å². The van der Waals surface area contributed by atoms with Crippen LogP contribution < -0.4 is 0 Å². The van der Waals surface area contributed by atoms with E-state index in [0.717, 1.165) is 0 Å². The van der Waals surface area contributed by atoms with E-state index < -0.39 is 114 Å². The highest BCUT2D eigenvalue weighted by Crippen LogP contribution is 2.52. The maximum atomic E-state index is 14.3. The number of nitrogens with zero attached hydrogens (tertiary/aromatic N) is 2. The third-order valence-electron chi connectivity index (χ3n) is 13.8. The summed E-state index contributed by atoms with van der Waals surface area (Å²) in [4.78, 5) is 56.9. The van der Waals surface area contributed by atoms with Crippen LogP contribution in [0.2, 0.25) is 0 Å². The van der Waals surface area contributed by atoms with Crippen molar-refractivity contribution in [1.82, 2.24) is 9.80 Å². The molecule has 0 bridgehead atoms. The minimum absolute atomic E-state index is 0.111. The fourth-order valence-corrected chi connectivity index (χ4v) is 9.90. The monoisotopic (exact) mass is 828 g/mol. The van der Waals surface area contributed by atoms with Gasteiger partial charge in [0, 0.05) is 65.2 Å². The standard InChI is InChI=1S/C42H72N2O14/c1-20-18-40(10,51-15)35(58-39-31(43(12)13)29(17-21(2)53-39)44(14)27(8)45)23(4)33(56-30-19-41(11,52-16)37(26(7)54-30)55-28(9)46)24(5)38(49)57-36-25(6)42(36,50)34(48)22(3)32(20)47/h20-26,29-31,33-37,39,48,50H,17-19H2,1-16H3/t20-,21-,22+,23+,24-,25?,26+,29-,30+,31+,33+,34-,35-,36-,37+,39+,40+,41-,42+/m1/s1. The van der Waals surface area contributed by atoms with Crippen LogP contribution in [0, 0.1) is 29.6 Å². The molecule has 3 saturated heterocycles. The van der Waals surface area contributed by atoms with Crippen molar-refractivity contribution in [3.63, 3.8) is 0 Å². The molecule has 3 aliphatic heterocycles. The summed E-state index contributed by atoms with van der Waals surface area (Å²) in [6, 6.07) is -0.736. The lowest BCUT2D eigenvalue weighted by Crippen LogP contribution is -2.64. The fraction of sp³-hybridized carbons (Fsp3) is 0.905. The Morgan fingerprint density at radius 2 is 1.43 bits per heavy atom. The summed E-state index contributed by atoms with van der Waals surface area (Å²) in [5.74, 6) is -5.68. The molecule has 58 heavy (non-hydrogen) atoms. The topological polar surface area (TPSA) is 189 Å². The largest absolute Gasteiger partial charge is 0.458 e. The summed E-state index contributed by atoms with van der Waals surface area (Å²) in [6.07, 6.45) is -7.41. The number of aliphatic hydroxyl groups excluding tert-OH is 1. The minimum atomic E-state index is -1.83. The van der Waals surface area contributed by atoms with Gasteiger partial charge in [0.1, 0.15) is 23.1 Å². The first-order valence-corrected chi connectivity index (χ1v) is 20.7. The third kappa shape index (κ3) is 9.45. The van der Waals surface area contributed by atoms with Gasteiger partial charge in [-0.1, -0.05) is 27.7 Å². The van der Waals surface area contributed by atoms with E-state index in [-0.39, 0.29) is 36.7 Å². The van der Waals surface area contributed by atoms with E-state index in [1.807, 2.05) is 39.8 Å². The van der Waals surface area contributed by atoms with Crippen LogP contribution in [-0.2, 0) is 57.1 Å².